The fraction of sp³-hybridized carbons (Fsp3) is 0.182. The Kier molecular flexibility index (Phi) is 5.98. The molecule has 0 spiro atoms. The van der Waals surface area contributed by atoms with Crippen molar-refractivity contribution in [3.05, 3.63) is 83.2 Å². The van der Waals surface area contributed by atoms with Gasteiger partial charge in [-0.3, -0.25) is 14.1 Å². The minimum Gasteiger partial charge on any atom is -0.497 e. The molecule has 3 aromatic rings. The highest BCUT2D eigenvalue weighted by Gasteiger charge is 2.29. The summed E-state index contributed by atoms with van der Waals surface area (Å²) in [4.78, 5) is 16.0. The first kappa shape index (κ1) is 20.5. The van der Waals surface area contributed by atoms with Gasteiger partial charge in [0.15, 0.2) is 6.29 Å². The van der Waals surface area contributed by atoms with E-state index >= 15 is 0 Å². The number of sulfonamides is 1. The van der Waals surface area contributed by atoms with Crippen molar-refractivity contribution in [2.45, 2.75) is 25.3 Å². The van der Waals surface area contributed by atoms with Crippen molar-refractivity contribution < 1.29 is 17.9 Å². The zero-order valence-electron chi connectivity index (χ0n) is 16.5. The predicted molar refractivity (Wildman–Crippen MR) is 112 cm³/mol. The van der Waals surface area contributed by atoms with E-state index in [2.05, 4.69) is 4.98 Å². The summed E-state index contributed by atoms with van der Waals surface area (Å²) in [5.74, 6) is 0.558. The zero-order valence-corrected chi connectivity index (χ0v) is 17.3. The molecular weight excluding hydrogens is 388 g/mol. The van der Waals surface area contributed by atoms with Crippen molar-refractivity contribution in [3.63, 3.8) is 0 Å². The second-order valence-corrected chi connectivity index (χ2v) is 8.49. The molecule has 1 heterocycles. The number of methoxy groups -OCH3 is 1. The van der Waals surface area contributed by atoms with E-state index in [1.54, 1.807) is 50.5 Å². The second kappa shape index (κ2) is 8.45. The molecule has 0 fully saturated rings. The van der Waals surface area contributed by atoms with Gasteiger partial charge in [0.2, 0.25) is 0 Å². The van der Waals surface area contributed by atoms with Gasteiger partial charge in [0, 0.05) is 18.0 Å². The van der Waals surface area contributed by atoms with Crippen LogP contribution in [0.25, 0.3) is 0 Å². The van der Waals surface area contributed by atoms with Crippen LogP contribution in [0.15, 0.2) is 65.8 Å². The monoisotopic (exact) mass is 410 g/mol. The van der Waals surface area contributed by atoms with Crippen LogP contribution in [-0.2, 0) is 16.6 Å². The van der Waals surface area contributed by atoms with E-state index in [1.807, 2.05) is 12.1 Å². The van der Waals surface area contributed by atoms with Crippen LogP contribution in [0.1, 0.15) is 27.0 Å². The summed E-state index contributed by atoms with van der Waals surface area (Å²) in [6.07, 6.45) is 3.94. The molecule has 0 unspecified atom stereocenters. The summed E-state index contributed by atoms with van der Waals surface area (Å²) in [6.45, 7) is 3.63. The molecule has 0 saturated heterocycles. The van der Waals surface area contributed by atoms with Crippen LogP contribution in [-0.4, -0.2) is 26.8 Å². The molecule has 0 amide bonds. The third kappa shape index (κ3) is 4.14. The molecule has 6 nitrogen and oxygen atoms in total. The third-order valence-electron chi connectivity index (χ3n) is 4.70. The lowest BCUT2D eigenvalue weighted by Crippen LogP contribution is -2.32. The molecule has 0 N–H and O–H groups in total. The molecule has 0 radical (unpaired) electrons. The summed E-state index contributed by atoms with van der Waals surface area (Å²) >= 11 is 0. The highest BCUT2D eigenvalue weighted by atomic mass is 32.2. The average molecular weight is 410 g/mol. The van der Waals surface area contributed by atoms with Crippen molar-refractivity contribution in [2.75, 3.05) is 11.4 Å². The molecule has 0 atom stereocenters. The highest BCUT2D eigenvalue weighted by Crippen LogP contribution is 2.33. The van der Waals surface area contributed by atoms with Crippen molar-refractivity contribution in [3.8, 4) is 5.75 Å². The lowest BCUT2D eigenvalue weighted by atomic mass is 10.0. The van der Waals surface area contributed by atoms with Crippen molar-refractivity contribution >= 4 is 22.0 Å². The maximum absolute atomic E-state index is 13.6. The van der Waals surface area contributed by atoms with E-state index in [0.29, 0.717) is 40.0 Å². The SMILES string of the molecule is COc1ccc(S(=O)(=O)N(Cc2cccnc2)c2c(C)ccc(C)c2C=O)cc1. The number of aryl methyl sites for hydroxylation is 2. The molecule has 0 aliphatic carbocycles. The molecule has 3 rings (SSSR count). The number of anilines is 1. The first-order chi connectivity index (χ1) is 13.9. The molecule has 0 aliphatic heterocycles. The number of carbonyl (C=O) groups excluding carboxylic acids is 1. The van der Waals surface area contributed by atoms with Crippen molar-refractivity contribution in [1.82, 2.24) is 4.98 Å². The minimum absolute atomic E-state index is 0.0489. The zero-order chi connectivity index (χ0) is 21.0. The quantitative estimate of drug-likeness (QED) is 0.552. The molecular formula is C22H22N2O4S. The van der Waals surface area contributed by atoms with Gasteiger partial charge in [0.1, 0.15) is 5.75 Å². The number of aldehydes is 1. The standard InChI is InChI=1S/C22H22N2O4S/c1-16-6-7-17(2)22(21(16)15-25)24(14-18-5-4-12-23-13-18)29(26,27)20-10-8-19(28-3)9-11-20/h4-13,15H,14H2,1-3H3. The number of aromatic nitrogens is 1. The fourth-order valence-electron chi connectivity index (χ4n) is 3.11. The lowest BCUT2D eigenvalue weighted by molar-refractivity contribution is 0.112. The Morgan fingerprint density at radius 2 is 1.72 bits per heavy atom. The molecule has 7 heteroatoms. The maximum Gasteiger partial charge on any atom is 0.264 e. The van der Waals surface area contributed by atoms with E-state index < -0.39 is 10.0 Å². The van der Waals surface area contributed by atoms with Gasteiger partial charge in [-0.1, -0.05) is 18.2 Å². The number of ether oxygens (including phenoxy) is 1. The second-order valence-electron chi connectivity index (χ2n) is 6.63. The van der Waals surface area contributed by atoms with E-state index in [1.165, 1.54) is 23.5 Å². The van der Waals surface area contributed by atoms with Gasteiger partial charge in [0.05, 0.1) is 24.2 Å². The molecule has 0 aliphatic rings. The Hall–Kier alpha value is -3.19. The molecule has 0 bridgehead atoms. The Morgan fingerprint density at radius 3 is 2.31 bits per heavy atom. The Labute approximate surface area is 170 Å². The molecule has 2 aromatic carbocycles. The summed E-state index contributed by atoms with van der Waals surface area (Å²) in [7, 11) is -2.44. The molecule has 0 saturated carbocycles. The van der Waals surface area contributed by atoms with E-state index in [4.69, 9.17) is 4.74 Å². The van der Waals surface area contributed by atoms with Crippen LogP contribution in [0.3, 0.4) is 0 Å². The number of nitrogens with zero attached hydrogens (tertiary/aromatic N) is 2. The Balaban J connectivity index is 2.21. The lowest BCUT2D eigenvalue weighted by Gasteiger charge is -2.28. The third-order valence-corrected chi connectivity index (χ3v) is 6.46. The van der Waals surface area contributed by atoms with Crippen LogP contribution >= 0.6 is 0 Å². The van der Waals surface area contributed by atoms with Gasteiger partial charge < -0.3 is 4.74 Å². The highest BCUT2D eigenvalue weighted by molar-refractivity contribution is 7.92. The smallest absolute Gasteiger partial charge is 0.264 e. The number of pyridine rings is 1. The topological polar surface area (TPSA) is 76.6 Å². The summed E-state index contributed by atoms with van der Waals surface area (Å²) in [5.41, 5.74) is 2.84. The van der Waals surface area contributed by atoms with Crippen LogP contribution in [0.4, 0.5) is 5.69 Å². The summed E-state index contributed by atoms with van der Waals surface area (Å²) in [5, 5.41) is 0. The largest absolute Gasteiger partial charge is 0.497 e. The van der Waals surface area contributed by atoms with Crippen molar-refractivity contribution in [1.29, 1.82) is 0 Å². The average Bonchev–Trinajstić information content (AvgIpc) is 2.74. The first-order valence-electron chi connectivity index (χ1n) is 8.99. The first-order valence-corrected chi connectivity index (χ1v) is 10.4. The fourth-order valence-corrected chi connectivity index (χ4v) is 4.65. The van der Waals surface area contributed by atoms with Gasteiger partial charge in [-0.05, 0) is 60.9 Å². The summed E-state index contributed by atoms with van der Waals surface area (Å²) in [6, 6.07) is 13.4. The van der Waals surface area contributed by atoms with E-state index in [-0.39, 0.29) is 11.4 Å². The molecule has 1 aromatic heterocycles. The number of hydrogen-bond donors (Lipinski definition) is 0. The Morgan fingerprint density at radius 1 is 1.03 bits per heavy atom. The molecule has 29 heavy (non-hydrogen) atoms. The number of hydrogen-bond acceptors (Lipinski definition) is 5. The van der Waals surface area contributed by atoms with Crippen LogP contribution < -0.4 is 9.04 Å². The van der Waals surface area contributed by atoms with Crippen LogP contribution in [0, 0.1) is 13.8 Å². The maximum atomic E-state index is 13.6. The summed E-state index contributed by atoms with van der Waals surface area (Å²) < 4.78 is 33.6. The van der Waals surface area contributed by atoms with Gasteiger partial charge in [0.25, 0.3) is 10.0 Å². The number of rotatable bonds is 7. The van der Waals surface area contributed by atoms with Crippen molar-refractivity contribution in [2.24, 2.45) is 0 Å². The molecule has 150 valence electrons. The van der Waals surface area contributed by atoms with Gasteiger partial charge in [-0.25, -0.2) is 8.42 Å². The number of carbonyl (C=O) groups is 1. The predicted octanol–water partition coefficient (Wildman–Crippen LogP) is 3.92. The van der Waals surface area contributed by atoms with Crippen LogP contribution in [0.5, 0.6) is 5.75 Å². The normalized spacial score (nSPS) is 11.1. The van der Waals surface area contributed by atoms with Crippen LogP contribution in [0.2, 0.25) is 0 Å². The number of benzene rings is 2. The van der Waals surface area contributed by atoms with E-state index in [9.17, 15) is 13.2 Å². The van der Waals surface area contributed by atoms with E-state index in [0.717, 1.165) is 0 Å². The van der Waals surface area contributed by atoms with Gasteiger partial charge in [-0.15, -0.1) is 0 Å². The Bertz CT molecular complexity index is 1110. The van der Waals surface area contributed by atoms with Gasteiger partial charge >= 0.3 is 0 Å². The minimum atomic E-state index is -3.96. The van der Waals surface area contributed by atoms with Gasteiger partial charge in [-0.2, -0.15) is 0 Å².